The third-order valence-corrected chi connectivity index (χ3v) is 5.91. The van der Waals surface area contributed by atoms with Crippen molar-refractivity contribution in [3.05, 3.63) is 72.9 Å². The number of unbranched alkanes of at least 4 members (excludes halogenated alkanes) is 7. The normalized spacial score (nSPS) is 14.4. The summed E-state index contributed by atoms with van der Waals surface area (Å²) < 4.78 is 0. The number of carbonyl (C=O) groups excluding carboxylic acids is 1. The predicted octanol–water partition coefficient (Wildman–Crippen LogP) is 8.05. The number of carbonyl (C=O) groups is 1. The van der Waals surface area contributed by atoms with Crippen LogP contribution < -0.4 is 5.32 Å². The monoisotopic (exact) mass is 513 g/mol. The predicted molar refractivity (Wildman–Crippen MR) is 160 cm³/mol. The first kappa shape index (κ1) is 34.8. The molecule has 37 heavy (non-hydrogen) atoms. The van der Waals surface area contributed by atoms with Crippen LogP contribution in [0.15, 0.2) is 72.9 Å². The van der Waals surface area contributed by atoms with E-state index in [1.165, 1.54) is 12.8 Å². The van der Waals surface area contributed by atoms with E-state index in [-0.39, 0.29) is 12.5 Å². The van der Waals surface area contributed by atoms with Crippen molar-refractivity contribution in [2.75, 3.05) is 6.61 Å². The number of aliphatic hydroxyl groups excluding tert-OH is 2. The molecule has 0 aliphatic carbocycles. The van der Waals surface area contributed by atoms with Gasteiger partial charge in [-0.15, -0.1) is 0 Å². The molecule has 0 radical (unpaired) electrons. The average molecular weight is 514 g/mol. The summed E-state index contributed by atoms with van der Waals surface area (Å²) in [5, 5.41) is 22.6. The Bertz CT molecular complexity index is 688. The average Bonchev–Trinajstić information content (AvgIpc) is 2.90. The van der Waals surface area contributed by atoms with E-state index in [0.29, 0.717) is 6.42 Å². The van der Waals surface area contributed by atoms with Gasteiger partial charge in [0.05, 0.1) is 18.8 Å². The molecule has 0 aromatic heterocycles. The Morgan fingerprint density at radius 3 is 1.78 bits per heavy atom. The molecule has 0 heterocycles. The molecule has 0 fully saturated rings. The zero-order valence-electron chi connectivity index (χ0n) is 23.7. The Morgan fingerprint density at radius 1 is 0.649 bits per heavy atom. The molecule has 0 rings (SSSR count). The van der Waals surface area contributed by atoms with Gasteiger partial charge >= 0.3 is 0 Å². The first-order chi connectivity index (χ1) is 18.2. The van der Waals surface area contributed by atoms with Crippen molar-refractivity contribution in [1.29, 1.82) is 0 Å². The Hall–Kier alpha value is -2.17. The van der Waals surface area contributed by atoms with Gasteiger partial charge in [0.1, 0.15) is 0 Å². The minimum atomic E-state index is -0.876. The topological polar surface area (TPSA) is 69.6 Å². The molecule has 2 atom stereocenters. The molecular formula is C33H55NO3. The second-order valence-electron chi connectivity index (χ2n) is 9.38. The van der Waals surface area contributed by atoms with Gasteiger partial charge in [-0.2, -0.15) is 0 Å². The molecule has 0 aromatic rings. The number of hydrogen-bond donors (Lipinski definition) is 3. The van der Waals surface area contributed by atoms with E-state index in [4.69, 9.17) is 0 Å². The van der Waals surface area contributed by atoms with E-state index in [9.17, 15) is 15.0 Å². The lowest BCUT2D eigenvalue weighted by atomic mass is 10.1. The standard InChI is InChI=1S/C33H55NO3/c1-3-5-7-9-11-13-15-16-17-18-19-21-23-25-27-29-33(37)34-31(30-35)32(36)28-26-24-22-20-14-12-10-8-6-4-2/h5-8,11,13-14,16-17,20,26,28,31-32,35-36H,3-4,9-10,12,15,18-19,21-25,27,29-30H2,1-2H3,(H,34,37)/b7-5-,8-6+,13-11-,17-16-,20-14+,28-26+. The summed E-state index contributed by atoms with van der Waals surface area (Å²) >= 11 is 0. The van der Waals surface area contributed by atoms with Crippen LogP contribution in [0.4, 0.5) is 0 Å². The van der Waals surface area contributed by atoms with Crippen LogP contribution in [0.3, 0.4) is 0 Å². The Labute approximate surface area is 228 Å². The molecule has 0 aliphatic heterocycles. The molecule has 210 valence electrons. The molecule has 0 spiro atoms. The third kappa shape index (κ3) is 25.3. The number of allylic oxidation sites excluding steroid dienone is 11. The molecule has 2 unspecified atom stereocenters. The molecule has 3 N–H and O–H groups in total. The Kier molecular flexibility index (Phi) is 26.7. The summed E-state index contributed by atoms with van der Waals surface area (Å²) in [7, 11) is 0. The Morgan fingerprint density at radius 2 is 1.14 bits per heavy atom. The van der Waals surface area contributed by atoms with Crippen LogP contribution in [0, 0.1) is 0 Å². The maximum absolute atomic E-state index is 12.2. The SMILES string of the molecule is CC/C=C\C/C=C\C/C=C\CCCCCCCC(=O)NC(CO)C(O)/C=C/CC/C=C/CC/C=C/CC. The fraction of sp³-hybridized carbons (Fsp3) is 0.606. The maximum atomic E-state index is 12.2. The van der Waals surface area contributed by atoms with Gasteiger partial charge in [0, 0.05) is 6.42 Å². The van der Waals surface area contributed by atoms with Crippen LogP contribution in [-0.2, 0) is 4.79 Å². The van der Waals surface area contributed by atoms with Crippen molar-refractivity contribution in [2.24, 2.45) is 0 Å². The lowest BCUT2D eigenvalue weighted by Gasteiger charge is -2.19. The molecule has 0 saturated heterocycles. The van der Waals surface area contributed by atoms with Crippen LogP contribution in [0.2, 0.25) is 0 Å². The van der Waals surface area contributed by atoms with Crippen LogP contribution in [-0.4, -0.2) is 34.9 Å². The number of aliphatic hydroxyl groups is 2. The Balaban J connectivity index is 3.81. The minimum Gasteiger partial charge on any atom is -0.394 e. The van der Waals surface area contributed by atoms with Crippen LogP contribution in [0.5, 0.6) is 0 Å². The molecule has 0 bridgehead atoms. The van der Waals surface area contributed by atoms with Crippen molar-refractivity contribution in [2.45, 2.75) is 122 Å². The second kappa shape index (κ2) is 28.4. The van der Waals surface area contributed by atoms with Gasteiger partial charge in [-0.25, -0.2) is 0 Å². The van der Waals surface area contributed by atoms with Gasteiger partial charge in [-0.05, 0) is 70.6 Å². The smallest absolute Gasteiger partial charge is 0.220 e. The van der Waals surface area contributed by atoms with E-state index < -0.39 is 12.1 Å². The zero-order valence-corrected chi connectivity index (χ0v) is 23.7. The van der Waals surface area contributed by atoms with Crippen molar-refractivity contribution < 1.29 is 15.0 Å². The van der Waals surface area contributed by atoms with Gasteiger partial charge in [0.25, 0.3) is 0 Å². The molecule has 4 heteroatoms. The largest absolute Gasteiger partial charge is 0.394 e. The fourth-order valence-electron chi connectivity index (χ4n) is 3.70. The van der Waals surface area contributed by atoms with Gasteiger partial charge in [0.15, 0.2) is 0 Å². The molecule has 0 aliphatic rings. The van der Waals surface area contributed by atoms with E-state index in [1.807, 2.05) is 6.08 Å². The minimum absolute atomic E-state index is 0.104. The van der Waals surface area contributed by atoms with Gasteiger partial charge in [-0.1, -0.05) is 106 Å². The van der Waals surface area contributed by atoms with Crippen LogP contribution >= 0.6 is 0 Å². The summed E-state index contributed by atoms with van der Waals surface area (Å²) in [5.41, 5.74) is 0. The molecule has 0 aromatic carbocycles. The van der Waals surface area contributed by atoms with E-state index in [1.54, 1.807) is 6.08 Å². The van der Waals surface area contributed by atoms with E-state index in [0.717, 1.165) is 77.0 Å². The van der Waals surface area contributed by atoms with E-state index >= 15 is 0 Å². The second-order valence-corrected chi connectivity index (χ2v) is 9.38. The number of amides is 1. The first-order valence-electron chi connectivity index (χ1n) is 14.7. The molecule has 1 amide bonds. The zero-order chi connectivity index (χ0) is 27.2. The summed E-state index contributed by atoms with van der Waals surface area (Å²) in [5.74, 6) is -0.104. The van der Waals surface area contributed by atoms with Crippen molar-refractivity contribution in [3.8, 4) is 0 Å². The lowest BCUT2D eigenvalue weighted by molar-refractivity contribution is -0.123. The summed E-state index contributed by atoms with van der Waals surface area (Å²) in [6.07, 6.45) is 39.7. The van der Waals surface area contributed by atoms with Crippen molar-refractivity contribution in [1.82, 2.24) is 5.32 Å². The molecular weight excluding hydrogens is 458 g/mol. The van der Waals surface area contributed by atoms with Crippen LogP contribution in [0.1, 0.15) is 110 Å². The highest BCUT2D eigenvalue weighted by Crippen LogP contribution is 2.09. The molecule has 4 nitrogen and oxygen atoms in total. The van der Waals surface area contributed by atoms with E-state index in [2.05, 4.69) is 79.9 Å². The highest BCUT2D eigenvalue weighted by Gasteiger charge is 2.17. The highest BCUT2D eigenvalue weighted by atomic mass is 16.3. The number of nitrogens with one attached hydrogen (secondary N) is 1. The van der Waals surface area contributed by atoms with Crippen molar-refractivity contribution in [3.63, 3.8) is 0 Å². The lowest BCUT2D eigenvalue weighted by Crippen LogP contribution is -2.45. The number of rotatable bonds is 24. The first-order valence-corrected chi connectivity index (χ1v) is 14.7. The third-order valence-electron chi connectivity index (χ3n) is 5.91. The summed E-state index contributed by atoms with van der Waals surface area (Å²) in [6.45, 7) is 4.01. The summed E-state index contributed by atoms with van der Waals surface area (Å²) in [4.78, 5) is 12.2. The summed E-state index contributed by atoms with van der Waals surface area (Å²) in [6, 6.07) is -0.654. The van der Waals surface area contributed by atoms with Gasteiger partial charge < -0.3 is 15.5 Å². The maximum Gasteiger partial charge on any atom is 0.220 e. The van der Waals surface area contributed by atoms with Gasteiger partial charge in [-0.3, -0.25) is 4.79 Å². The quantitative estimate of drug-likeness (QED) is 0.0903. The van der Waals surface area contributed by atoms with Gasteiger partial charge in [0.2, 0.25) is 5.91 Å². The fourth-order valence-corrected chi connectivity index (χ4v) is 3.70. The number of hydrogen-bond acceptors (Lipinski definition) is 3. The highest BCUT2D eigenvalue weighted by molar-refractivity contribution is 5.76. The molecule has 0 saturated carbocycles. The van der Waals surface area contributed by atoms with Crippen LogP contribution in [0.25, 0.3) is 0 Å². The van der Waals surface area contributed by atoms with Crippen molar-refractivity contribution >= 4 is 5.91 Å².